The smallest absolute Gasteiger partial charge is 0.253 e. The van der Waals surface area contributed by atoms with Crippen LogP contribution in [0.4, 0.5) is 0 Å². The summed E-state index contributed by atoms with van der Waals surface area (Å²) in [5.41, 5.74) is 1.18. The number of fused-ring (bicyclic) bond motifs is 4. The summed E-state index contributed by atoms with van der Waals surface area (Å²) in [6, 6.07) is 3.95. The summed E-state index contributed by atoms with van der Waals surface area (Å²) >= 11 is 0. The Balaban J connectivity index is 0.000000882. The lowest BCUT2D eigenvalue weighted by Gasteiger charge is -2.44. The number of pyridine rings is 1. The normalized spacial score (nSPS) is 26.1. The molecule has 3 aliphatic rings. The molecule has 7 heteroatoms. The van der Waals surface area contributed by atoms with Crippen molar-refractivity contribution < 1.29 is 9.21 Å². The van der Waals surface area contributed by atoms with Crippen LogP contribution in [0.3, 0.4) is 0 Å². The fraction of sp³-hybridized carbons (Fsp3) is 0.467. The van der Waals surface area contributed by atoms with Crippen molar-refractivity contribution >= 4 is 41.8 Å². The first-order valence-electron chi connectivity index (χ1n) is 7.16. The van der Waals surface area contributed by atoms with Crippen LogP contribution in [0, 0.1) is 5.92 Å². The third-order valence-electron chi connectivity index (χ3n) is 4.54. The van der Waals surface area contributed by atoms with Crippen molar-refractivity contribution in [2.45, 2.75) is 18.9 Å². The average Bonchev–Trinajstić information content (AvgIpc) is 2.96. The number of carbonyl (C=O) groups is 1. The number of rotatable bonds is 2. The van der Waals surface area contributed by atoms with Gasteiger partial charge in [0.15, 0.2) is 0 Å². The highest BCUT2D eigenvalue weighted by atomic mass is 35.5. The second kappa shape index (κ2) is 6.86. The molecule has 120 valence electrons. The number of nitrogens with zero attached hydrogens (tertiary/aromatic N) is 2. The van der Waals surface area contributed by atoms with Gasteiger partial charge in [0, 0.05) is 24.2 Å². The van der Waals surface area contributed by atoms with E-state index in [1.165, 1.54) is 25.9 Å². The molecule has 3 fully saturated rings. The fourth-order valence-electron chi connectivity index (χ4n) is 3.36. The molecule has 2 aromatic rings. The molecule has 1 amide bonds. The van der Waals surface area contributed by atoms with Crippen LogP contribution in [-0.2, 0) is 0 Å². The third-order valence-corrected chi connectivity index (χ3v) is 4.54. The standard InChI is InChI=1S/C15H17N3O2.2ClH/c19-14(12-7-11-3-6-20-15(11)16-8-12)17-13-9-18-4-1-10(13)2-5-18;;/h3,6-8,10,13H,1-2,4-5,9H2,(H,17,19);2*1H/t13-;;/m0../s1. The van der Waals surface area contributed by atoms with E-state index in [2.05, 4.69) is 15.2 Å². The molecule has 5 nitrogen and oxygen atoms in total. The highest BCUT2D eigenvalue weighted by Gasteiger charge is 2.34. The van der Waals surface area contributed by atoms with E-state index in [0.29, 0.717) is 17.2 Å². The highest BCUT2D eigenvalue weighted by Crippen LogP contribution is 2.27. The molecule has 0 saturated carbocycles. The van der Waals surface area contributed by atoms with E-state index in [-0.39, 0.29) is 36.8 Å². The minimum atomic E-state index is -0.0284. The van der Waals surface area contributed by atoms with E-state index in [1.54, 1.807) is 12.5 Å². The van der Waals surface area contributed by atoms with Crippen LogP contribution in [0.2, 0.25) is 0 Å². The summed E-state index contributed by atoms with van der Waals surface area (Å²) in [7, 11) is 0. The maximum atomic E-state index is 12.4. The number of carbonyl (C=O) groups excluding carboxylic acids is 1. The molecule has 1 N–H and O–H groups in total. The van der Waals surface area contributed by atoms with Crippen LogP contribution in [-0.4, -0.2) is 41.5 Å². The Morgan fingerprint density at radius 3 is 2.77 bits per heavy atom. The molecule has 0 aromatic carbocycles. The van der Waals surface area contributed by atoms with Crippen molar-refractivity contribution in [3.05, 3.63) is 30.2 Å². The van der Waals surface area contributed by atoms with Gasteiger partial charge in [0.1, 0.15) is 0 Å². The molecule has 1 atom stereocenters. The quantitative estimate of drug-likeness (QED) is 0.909. The molecular formula is C15H19Cl2N3O2. The van der Waals surface area contributed by atoms with Crippen molar-refractivity contribution in [2.24, 2.45) is 5.92 Å². The van der Waals surface area contributed by atoms with Crippen molar-refractivity contribution in [2.75, 3.05) is 19.6 Å². The number of furan rings is 1. The van der Waals surface area contributed by atoms with Gasteiger partial charge in [-0.3, -0.25) is 4.79 Å². The van der Waals surface area contributed by atoms with Crippen molar-refractivity contribution in [3.8, 4) is 0 Å². The molecule has 2 bridgehead atoms. The Bertz CT molecular complexity index is 653. The number of nitrogens with one attached hydrogen (secondary N) is 1. The van der Waals surface area contributed by atoms with E-state index in [9.17, 15) is 4.79 Å². The van der Waals surface area contributed by atoms with Gasteiger partial charge in [-0.2, -0.15) is 0 Å². The molecular weight excluding hydrogens is 325 g/mol. The summed E-state index contributed by atoms with van der Waals surface area (Å²) in [5, 5.41) is 4.04. The Morgan fingerprint density at radius 1 is 1.32 bits per heavy atom. The van der Waals surface area contributed by atoms with Gasteiger partial charge in [0.2, 0.25) is 5.71 Å². The van der Waals surface area contributed by atoms with Crippen LogP contribution in [0.5, 0.6) is 0 Å². The minimum absolute atomic E-state index is 0. The number of hydrogen-bond donors (Lipinski definition) is 1. The van der Waals surface area contributed by atoms with Crippen LogP contribution in [0.25, 0.3) is 11.1 Å². The molecule has 3 saturated heterocycles. The van der Waals surface area contributed by atoms with E-state index >= 15 is 0 Å². The molecule has 5 rings (SSSR count). The summed E-state index contributed by atoms with van der Waals surface area (Å²) in [6.07, 6.45) is 5.57. The first-order chi connectivity index (χ1) is 9.79. The van der Waals surface area contributed by atoms with Crippen molar-refractivity contribution in [1.82, 2.24) is 15.2 Å². The molecule has 22 heavy (non-hydrogen) atoms. The molecule has 0 aliphatic carbocycles. The summed E-state index contributed by atoms with van der Waals surface area (Å²) in [5.74, 6) is 0.605. The lowest BCUT2D eigenvalue weighted by molar-refractivity contribution is 0.0620. The summed E-state index contributed by atoms with van der Waals surface area (Å²) in [6.45, 7) is 3.34. The second-order valence-corrected chi connectivity index (χ2v) is 5.76. The lowest BCUT2D eigenvalue weighted by atomic mass is 9.84. The van der Waals surface area contributed by atoms with Crippen molar-refractivity contribution in [3.63, 3.8) is 0 Å². The van der Waals surface area contributed by atoms with Gasteiger partial charge in [-0.15, -0.1) is 24.8 Å². The van der Waals surface area contributed by atoms with Gasteiger partial charge in [0.25, 0.3) is 5.91 Å². The molecule has 0 spiro atoms. The predicted octanol–water partition coefficient (Wildman–Crippen LogP) is 2.50. The number of piperidine rings is 3. The van der Waals surface area contributed by atoms with E-state index in [0.717, 1.165) is 11.9 Å². The largest absolute Gasteiger partial charge is 0.446 e. The van der Waals surface area contributed by atoms with Gasteiger partial charge in [-0.25, -0.2) is 4.98 Å². The number of hydrogen-bond acceptors (Lipinski definition) is 4. The first kappa shape index (κ1) is 17.1. The second-order valence-electron chi connectivity index (χ2n) is 5.76. The molecule has 0 unspecified atom stereocenters. The Morgan fingerprint density at radius 2 is 2.09 bits per heavy atom. The topological polar surface area (TPSA) is 58.4 Å². The predicted molar refractivity (Wildman–Crippen MR) is 88.9 cm³/mol. The SMILES string of the molecule is Cl.Cl.O=C(N[C@H]1CN2CCC1CC2)c1cnc2occc2c1. The Kier molecular flexibility index (Phi) is 5.32. The van der Waals surface area contributed by atoms with E-state index in [4.69, 9.17) is 4.42 Å². The Hall–Kier alpha value is -1.30. The van der Waals surface area contributed by atoms with E-state index < -0.39 is 0 Å². The van der Waals surface area contributed by atoms with Crippen molar-refractivity contribution in [1.29, 1.82) is 0 Å². The van der Waals surface area contributed by atoms with Crippen LogP contribution >= 0.6 is 24.8 Å². The summed E-state index contributed by atoms with van der Waals surface area (Å²) in [4.78, 5) is 19.0. The van der Waals surface area contributed by atoms with Gasteiger partial charge in [0.05, 0.1) is 11.8 Å². The average molecular weight is 344 g/mol. The van der Waals surface area contributed by atoms with Gasteiger partial charge < -0.3 is 14.6 Å². The summed E-state index contributed by atoms with van der Waals surface area (Å²) < 4.78 is 5.19. The molecule has 3 aliphatic heterocycles. The first-order valence-corrected chi connectivity index (χ1v) is 7.16. The number of halogens is 2. The minimum Gasteiger partial charge on any atom is -0.446 e. The maximum Gasteiger partial charge on any atom is 0.253 e. The van der Waals surface area contributed by atoms with Gasteiger partial charge in [-0.05, 0) is 44.0 Å². The van der Waals surface area contributed by atoms with Gasteiger partial charge in [-0.1, -0.05) is 0 Å². The molecule has 0 radical (unpaired) electrons. The molecule has 2 aromatic heterocycles. The van der Waals surface area contributed by atoms with Crippen LogP contribution in [0.15, 0.2) is 29.0 Å². The van der Waals surface area contributed by atoms with E-state index in [1.807, 2.05) is 12.1 Å². The number of aromatic nitrogens is 1. The zero-order valence-corrected chi connectivity index (χ0v) is 13.7. The van der Waals surface area contributed by atoms with Crippen LogP contribution < -0.4 is 5.32 Å². The zero-order chi connectivity index (χ0) is 13.5. The van der Waals surface area contributed by atoms with Gasteiger partial charge >= 0.3 is 0 Å². The maximum absolute atomic E-state index is 12.4. The number of amides is 1. The fourth-order valence-corrected chi connectivity index (χ4v) is 3.36. The van der Waals surface area contributed by atoms with Crippen LogP contribution in [0.1, 0.15) is 23.2 Å². The zero-order valence-electron chi connectivity index (χ0n) is 12.0. The third kappa shape index (κ3) is 3.07. The Labute approximate surface area is 141 Å². The monoisotopic (exact) mass is 343 g/mol. The highest BCUT2D eigenvalue weighted by molar-refractivity contribution is 5.96. The molecule has 5 heterocycles. The lowest BCUT2D eigenvalue weighted by Crippen LogP contribution is -2.57.